The highest BCUT2D eigenvalue weighted by Gasteiger charge is 2.07. The van der Waals surface area contributed by atoms with Gasteiger partial charge in [-0.3, -0.25) is 4.79 Å². The molecule has 3 aromatic rings. The molecule has 0 spiro atoms. The van der Waals surface area contributed by atoms with Gasteiger partial charge in [0.25, 0.3) is 0 Å². The van der Waals surface area contributed by atoms with Gasteiger partial charge >= 0.3 is 0 Å². The largest absolute Gasteiger partial charge is 0.494 e. The summed E-state index contributed by atoms with van der Waals surface area (Å²) in [4.78, 5) is 16.1. The zero-order valence-corrected chi connectivity index (χ0v) is 15.5. The molecule has 6 nitrogen and oxygen atoms in total. The first-order chi connectivity index (χ1) is 13.2. The number of para-hydroxylation sites is 1. The summed E-state index contributed by atoms with van der Waals surface area (Å²) in [5.74, 6) is 0.892. The van der Waals surface area contributed by atoms with Crippen LogP contribution in [0, 0.1) is 0 Å². The van der Waals surface area contributed by atoms with Crippen molar-refractivity contribution in [1.82, 2.24) is 20.1 Å². The quantitative estimate of drug-likeness (QED) is 0.634. The molecule has 2 aromatic carbocycles. The average molecular weight is 364 g/mol. The summed E-state index contributed by atoms with van der Waals surface area (Å²) in [6.07, 6.45) is 4.32. The van der Waals surface area contributed by atoms with E-state index in [2.05, 4.69) is 15.4 Å². The molecule has 6 heteroatoms. The molecule has 0 saturated carbocycles. The van der Waals surface area contributed by atoms with Crippen LogP contribution in [-0.2, 0) is 24.3 Å². The first-order valence-electron chi connectivity index (χ1n) is 9.12. The van der Waals surface area contributed by atoms with E-state index in [-0.39, 0.29) is 5.91 Å². The molecule has 0 fully saturated rings. The van der Waals surface area contributed by atoms with Crippen molar-refractivity contribution in [3.63, 3.8) is 0 Å². The topological polar surface area (TPSA) is 69.0 Å². The number of ether oxygens (including phenoxy) is 1. The minimum atomic E-state index is 0.0352. The van der Waals surface area contributed by atoms with Crippen LogP contribution in [0.25, 0.3) is 0 Å². The highest BCUT2D eigenvalue weighted by molar-refractivity contribution is 5.76. The molecule has 0 unspecified atom stereocenters. The normalized spacial score (nSPS) is 10.6. The molecule has 0 bridgehead atoms. The third-order valence-electron chi connectivity index (χ3n) is 4.22. The zero-order chi connectivity index (χ0) is 18.9. The van der Waals surface area contributed by atoms with E-state index in [1.54, 1.807) is 11.0 Å². The van der Waals surface area contributed by atoms with Gasteiger partial charge in [-0.05, 0) is 36.1 Å². The predicted octanol–water partition coefficient (Wildman–Crippen LogP) is 2.97. The van der Waals surface area contributed by atoms with Crippen molar-refractivity contribution in [2.75, 3.05) is 6.61 Å². The van der Waals surface area contributed by atoms with Crippen molar-refractivity contribution in [2.45, 2.75) is 32.9 Å². The molecule has 0 saturated heterocycles. The van der Waals surface area contributed by atoms with E-state index < -0.39 is 0 Å². The Morgan fingerprint density at radius 1 is 1.11 bits per heavy atom. The van der Waals surface area contributed by atoms with Gasteiger partial charge in [-0.2, -0.15) is 5.10 Å². The van der Waals surface area contributed by atoms with Gasteiger partial charge in [0.15, 0.2) is 0 Å². The lowest BCUT2D eigenvalue weighted by Crippen LogP contribution is -2.23. The summed E-state index contributed by atoms with van der Waals surface area (Å²) in [5.41, 5.74) is 3.27. The molecule has 3 rings (SSSR count). The van der Waals surface area contributed by atoms with E-state index in [1.807, 2.05) is 55.5 Å². The van der Waals surface area contributed by atoms with Crippen LogP contribution in [-0.4, -0.2) is 27.3 Å². The van der Waals surface area contributed by atoms with Crippen LogP contribution in [0.2, 0.25) is 0 Å². The monoisotopic (exact) mass is 364 g/mol. The van der Waals surface area contributed by atoms with Gasteiger partial charge in [0.05, 0.1) is 13.2 Å². The Labute approximate surface area is 159 Å². The lowest BCUT2D eigenvalue weighted by Gasteiger charge is -2.10. The lowest BCUT2D eigenvalue weighted by atomic mass is 10.1. The maximum Gasteiger partial charge on any atom is 0.220 e. The predicted molar refractivity (Wildman–Crippen MR) is 103 cm³/mol. The van der Waals surface area contributed by atoms with Gasteiger partial charge in [-0.1, -0.05) is 42.5 Å². The molecule has 0 atom stereocenters. The Morgan fingerprint density at radius 3 is 2.63 bits per heavy atom. The van der Waals surface area contributed by atoms with Crippen LogP contribution in [0.5, 0.6) is 5.75 Å². The van der Waals surface area contributed by atoms with Crippen LogP contribution < -0.4 is 10.1 Å². The second-order valence-corrected chi connectivity index (χ2v) is 6.23. The Hall–Kier alpha value is -3.15. The minimum Gasteiger partial charge on any atom is -0.494 e. The molecule has 140 valence electrons. The van der Waals surface area contributed by atoms with E-state index in [9.17, 15) is 4.79 Å². The van der Waals surface area contributed by atoms with Gasteiger partial charge in [0, 0.05) is 13.0 Å². The van der Waals surface area contributed by atoms with Crippen molar-refractivity contribution < 1.29 is 9.53 Å². The summed E-state index contributed by atoms with van der Waals surface area (Å²) in [5, 5.41) is 7.07. The second-order valence-electron chi connectivity index (χ2n) is 6.23. The summed E-state index contributed by atoms with van der Waals surface area (Å²) in [6, 6.07) is 16.0. The summed E-state index contributed by atoms with van der Waals surface area (Å²) < 4.78 is 7.38. The lowest BCUT2D eigenvalue weighted by molar-refractivity contribution is -0.121. The highest BCUT2D eigenvalue weighted by Crippen LogP contribution is 2.19. The zero-order valence-electron chi connectivity index (χ0n) is 15.5. The average Bonchev–Trinajstić information content (AvgIpc) is 3.20. The Morgan fingerprint density at radius 2 is 1.89 bits per heavy atom. The number of amides is 1. The number of rotatable bonds is 9. The molecule has 1 amide bonds. The number of aryl methyl sites for hydroxylation is 1. The molecule has 27 heavy (non-hydrogen) atoms. The molecule has 0 radical (unpaired) electrons. The van der Waals surface area contributed by atoms with Crippen LogP contribution >= 0.6 is 0 Å². The maximum atomic E-state index is 12.2. The number of hydrogen-bond acceptors (Lipinski definition) is 4. The molecule has 1 N–H and O–H groups in total. The van der Waals surface area contributed by atoms with E-state index in [4.69, 9.17) is 4.74 Å². The second kappa shape index (κ2) is 9.52. The first kappa shape index (κ1) is 18.6. The molecule has 0 aliphatic carbocycles. The van der Waals surface area contributed by atoms with E-state index >= 15 is 0 Å². The molecule has 0 aliphatic rings. The fourth-order valence-corrected chi connectivity index (χ4v) is 2.81. The molecule has 0 aliphatic heterocycles. The number of carbonyl (C=O) groups is 1. The van der Waals surface area contributed by atoms with E-state index in [1.165, 1.54) is 6.33 Å². The molecule has 1 heterocycles. The van der Waals surface area contributed by atoms with Crippen molar-refractivity contribution in [3.8, 4) is 5.75 Å². The van der Waals surface area contributed by atoms with E-state index in [0.29, 0.717) is 32.5 Å². The molecule has 1 aromatic heterocycles. The first-order valence-corrected chi connectivity index (χ1v) is 9.12. The smallest absolute Gasteiger partial charge is 0.220 e. The van der Waals surface area contributed by atoms with Crippen molar-refractivity contribution in [1.29, 1.82) is 0 Å². The van der Waals surface area contributed by atoms with Gasteiger partial charge in [0.2, 0.25) is 5.91 Å². The molecular weight excluding hydrogens is 340 g/mol. The number of carbonyl (C=O) groups excluding carboxylic acids is 1. The van der Waals surface area contributed by atoms with Crippen molar-refractivity contribution in [2.24, 2.45) is 0 Å². The van der Waals surface area contributed by atoms with Gasteiger partial charge in [0.1, 0.15) is 18.4 Å². The Balaban J connectivity index is 1.45. The van der Waals surface area contributed by atoms with Gasteiger partial charge in [-0.25, -0.2) is 9.67 Å². The number of hydrogen-bond donors (Lipinski definition) is 1. The van der Waals surface area contributed by atoms with Gasteiger partial charge in [-0.15, -0.1) is 0 Å². The summed E-state index contributed by atoms with van der Waals surface area (Å²) in [6.45, 7) is 3.79. The minimum absolute atomic E-state index is 0.0352. The third-order valence-corrected chi connectivity index (χ3v) is 4.22. The van der Waals surface area contributed by atoms with Crippen LogP contribution in [0.15, 0.2) is 61.2 Å². The number of nitrogens with one attached hydrogen (secondary N) is 1. The fourth-order valence-electron chi connectivity index (χ4n) is 2.81. The summed E-state index contributed by atoms with van der Waals surface area (Å²) >= 11 is 0. The number of nitrogens with zero attached hydrogens (tertiary/aromatic N) is 3. The Kier molecular flexibility index (Phi) is 6.57. The van der Waals surface area contributed by atoms with E-state index in [0.717, 1.165) is 22.4 Å². The van der Waals surface area contributed by atoms with Crippen LogP contribution in [0.1, 0.15) is 30.0 Å². The SMILES string of the molecule is CCOc1ccccc1CCC(=O)NCc1ccc(Cn2cncn2)cc1. The van der Waals surface area contributed by atoms with Gasteiger partial charge < -0.3 is 10.1 Å². The fraction of sp³-hybridized carbons (Fsp3) is 0.286. The third kappa shape index (κ3) is 5.67. The number of aromatic nitrogens is 3. The van der Waals surface area contributed by atoms with Crippen LogP contribution in [0.4, 0.5) is 0 Å². The summed E-state index contributed by atoms with van der Waals surface area (Å²) in [7, 11) is 0. The highest BCUT2D eigenvalue weighted by atomic mass is 16.5. The molecular formula is C21H24N4O2. The van der Waals surface area contributed by atoms with Crippen molar-refractivity contribution in [3.05, 3.63) is 77.9 Å². The van der Waals surface area contributed by atoms with Crippen molar-refractivity contribution >= 4 is 5.91 Å². The Bertz CT molecular complexity index is 845. The maximum absolute atomic E-state index is 12.2. The number of benzene rings is 2. The van der Waals surface area contributed by atoms with Crippen LogP contribution in [0.3, 0.4) is 0 Å². The standard InChI is InChI=1S/C21H24N4O2/c1-2-27-20-6-4-3-5-19(20)11-12-21(26)23-13-17-7-9-18(10-8-17)14-25-16-22-15-24-25/h3-10,15-16H,2,11-14H2,1H3,(H,23,26).